The predicted octanol–water partition coefficient (Wildman–Crippen LogP) is 2.57. The molecule has 3 heteroatoms. The van der Waals surface area contributed by atoms with Gasteiger partial charge in [0.2, 0.25) is 0 Å². The van der Waals surface area contributed by atoms with Crippen molar-refractivity contribution in [1.29, 1.82) is 5.26 Å². The zero-order chi connectivity index (χ0) is 12.5. The minimum absolute atomic E-state index is 0.251. The molecule has 3 rings (SSSR count). The van der Waals surface area contributed by atoms with Crippen molar-refractivity contribution in [2.45, 2.75) is 63.6 Å². The summed E-state index contributed by atoms with van der Waals surface area (Å²) in [6.45, 7) is 4.24. The standard InChI is InChI=1S/C15H24N2O/c1-11-5-6-12(10-16)14(9-11)17-7-8-18-15-4-2-3-13(15)17/h11-15H,2-9H2,1H3. The van der Waals surface area contributed by atoms with Crippen LogP contribution < -0.4 is 0 Å². The van der Waals surface area contributed by atoms with Crippen LogP contribution in [-0.4, -0.2) is 36.2 Å². The van der Waals surface area contributed by atoms with Crippen molar-refractivity contribution in [2.24, 2.45) is 11.8 Å². The molecule has 0 aromatic heterocycles. The number of rotatable bonds is 1. The first-order chi connectivity index (χ1) is 8.79. The molecule has 100 valence electrons. The number of nitrogens with zero attached hydrogens (tertiary/aromatic N) is 2. The Balaban J connectivity index is 1.76. The maximum Gasteiger partial charge on any atom is 0.0731 e. The molecule has 2 aliphatic carbocycles. The van der Waals surface area contributed by atoms with Gasteiger partial charge in [-0.15, -0.1) is 0 Å². The Hall–Kier alpha value is -0.590. The molecule has 5 atom stereocenters. The Morgan fingerprint density at radius 2 is 2.06 bits per heavy atom. The maximum atomic E-state index is 9.41. The van der Waals surface area contributed by atoms with Crippen LogP contribution >= 0.6 is 0 Å². The van der Waals surface area contributed by atoms with Crippen LogP contribution in [-0.2, 0) is 4.74 Å². The van der Waals surface area contributed by atoms with E-state index in [4.69, 9.17) is 4.74 Å². The highest BCUT2D eigenvalue weighted by atomic mass is 16.5. The molecule has 0 aromatic rings. The van der Waals surface area contributed by atoms with E-state index in [2.05, 4.69) is 17.9 Å². The quantitative estimate of drug-likeness (QED) is 0.715. The molecule has 1 heterocycles. The van der Waals surface area contributed by atoms with Gasteiger partial charge in [0.05, 0.1) is 24.7 Å². The first-order valence-corrected chi connectivity index (χ1v) is 7.56. The van der Waals surface area contributed by atoms with Crippen LogP contribution in [0.3, 0.4) is 0 Å². The molecule has 3 fully saturated rings. The number of ether oxygens (including phenoxy) is 1. The minimum Gasteiger partial charge on any atom is -0.375 e. The van der Waals surface area contributed by atoms with Gasteiger partial charge in [-0.3, -0.25) is 4.90 Å². The van der Waals surface area contributed by atoms with E-state index in [1.807, 2.05) is 0 Å². The molecule has 3 nitrogen and oxygen atoms in total. The summed E-state index contributed by atoms with van der Waals surface area (Å²) in [5, 5.41) is 9.41. The van der Waals surface area contributed by atoms with E-state index in [-0.39, 0.29) is 5.92 Å². The SMILES string of the molecule is CC1CCC(C#N)C(N2CCOC3CCCC32)C1. The third-order valence-electron chi connectivity index (χ3n) is 5.20. The lowest BCUT2D eigenvalue weighted by Gasteiger charge is -2.46. The van der Waals surface area contributed by atoms with Gasteiger partial charge in [-0.1, -0.05) is 6.92 Å². The van der Waals surface area contributed by atoms with Gasteiger partial charge in [-0.05, 0) is 44.4 Å². The Bertz CT molecular complexity index is 338. The van der Waals surface area contributed by atoms with E-state index in [1.165, 1.54) is 32.1 Å². The zero-order valence-corrected chi connectivity index (χ0v) is 11.3. The van der Waals surface area contributed by atoms with Gasteiger partial charge < -0.3 is 4.74 Å². The van der Waals surface area contributed by atoms with Crippen molar-refractivity contribution in [3.8, 4) is 6.07 Å². The van der Waals surface area contributed by atoms with Crippen LogP contribution in [0.25, 0.3) is 0 Å². The molecule has 1 saturated heterocycles. The van der Waals surface area contributed by atoms with Crippen LogP contribution in [0.1, 0.15) is 45.4 Å². The average molecular weight is 248 g/mol. The van der Waals surface area contributed by atoms with Gasteiger partial charge in [-0.2, -0.15) is 5.26 Å². The molecule has 0 aromatic carbocycles. The van der Waals surface area contributed by atoms with Crippen LogP contribution in [0.15, 0.2) is 0 Å². The summed E-state index contributed by atoms with van der Waals surface area (Å²) in [4.78, 5) is 2.64. The molecule has 5 unspecified atom stereocenters. The van der Waals surface area contributed by atoms with Gasteiger partial charge in [-0.25, -0.2) is 0 Å². The highest BCUT2D eigenvalue weighted by Gasteiger charge is 2.42. The third-order valence-corrected chi connectivity index (χ3v) is 5.20. The van der Waals surface area contributed by atoms with E-state index in [0.29, 0.717) is 18.2 Å². The maximum absolute atomic E-state index is 9.41. The largest absolute Gasteiger partial charge is 0.375 e. The summed E-state index contributed by atoms with van der Waals surface area (Å²) >= 11 is 0. The third kappa shape index (κ3) is 2.17. The average Bonchev–Trinajstić information content (AvgIpc) is 2.86. The Morgan fingerprint density at radius 1 is 1.17 bits per heavy atom. The number of hydrogen-bond donors (Lipinski definition) is 0. The molecule has 18 heavy (non-hydrogen) atoms. The van der Waals surface area contributed by atoms with Crippen LogP contribution in [0, 0.1) is 23.2 Å². The zero-order valence-electron chi connectivity index (χ0n) is 11.3. The number of fused-ring (bicyclic) bond motifs is 1. The van der Waals surface area contributed by atoms with Crippen LogP contribution in [0.4, 0.5) is 0 Å². The van der Waals surface area contributed by atoms with Crippen molar-refractivity contribution in [1.82, 2.24) is 4.90 Å². The Kier molecular flexibility index (Phi) is 3.59. The molecule has 1 aliphatic heterocycles. The number of morpholine rings is 1. The molecule has 0 radical (unpaired) electrons. The van der Waals surface area contributed by atoms with Crippen molar-refractivity contribution < 1.29 is 4.74 Å². The van der Waals surface area contributed by atoms with Gasteiger partial charge in [0.1, 0.15) is 0 Å². The molecular formula is C15H24N2O. The lowest BCUT2D eigenvalue weighted by molar-refractivity contribution is -0.0848. The molecule has 0 N–H and O–H groups in total. The summed E-state index contributed by atoms with van der Waals surface area (Å²) < 4.78 is 5.89. The lowest BCUT2D eigenvalue weighted by atomic mass is 9.78. The fraction of sp³-hybridized carbons (Fsp3) is 0.933. The topological polar surface area (TPSA) is 36.3 Å². The monoisotopic (exact) mass is 248 g/mol. The number of nitriles is 1. The van der Waals surface area contributed by atoms with Crippen molar-refractivity contribution in [3.05, 3.63) is 0 Å². The fourth-order valence-corrected chi connectivity index (χ4v) is 4.24. The Labute approximate surface area is 110 Å². The summed E-state index contributed by atoms with van der Waals surface area (Å²) in [6, 6.07) is 3.66. The van der Waals surface area contributed by atoms with Gasteiger partial charge in [0, 0.05) is 18.6 Å². The van der Waals surface area contributed by atoms with Gasteiger partial charge >= 0.3 is 0 Å². The smallest absolute Gasteiger partial charge is 0.0731 e. The second kappa shape index (κ2) is 5.19. The van der Waals surface area contributed by atoms with E-state index in [0.717, 1.165) is 25.5 Å². The van der Waals surface area contributed by atoms with E-state index in [1.54, 1.807) is 0 Å². The van der Waals surface area contributed by atoms with E-state index >= 15 is 0 Å². The molecular weight excluding hydrogens is 224 g/mol. The summed E-state index contributed by atoms with van der Waals surface area (Å²) in [5.74, 6) is 1.03. The van der Waals surface area contributed by atoms with Gasteiger partial charge in [0.15, 0.2) is 0 Å². The minimum atomic E-state index is 0.251. The molecule has 0 bridgehead atoms. The summed E-state index contributed by atoms with van der Waals surface area (Å²) in [6.07, 6.45) is 7.78. The van der Waals surface area contributed by atoms with E-state index < -0.39 is 0 Å². The first kappa shape index (κ1) is 12.4. The van der Waals surface area contributed by atoms with Crippen molar-refractivity contribution in [2.75, 3.05) is 13.2 Å². The molecule has 3 aliphatic rings. The first-order valence-electron chi connectivity index (χ1n) is 7.56. The molecule has 2 saturated carbocycles. The normalized spacial score (nSPS) is 45.4. The van der Waals surface area contributed by atoms with Crippen molar-refractivity contribution >= 4 is 0 Å². The Morgan fingerprint density at radius 3 is 2.89 bits per heavy atom. The second-order valence-electron chi connectivity index (χ2n) is 6.37. The van der Waals surface area contributed by atoms with Crippen LogP contribution in [0.2, 0.25) is 0 Å². The van der Waals surface area contributed by atoms with Crippen LogP contribution in [0.5, 0.6) is 0 Å². The van der Waals surface area contributed by atoms with Crippen molar-refractivity contribution in [3.63, 3.8) is 0 Å². The highest BCUT2D eigenvalue weighted by molar-refractivity contribution is 5.01. The number of hydrogen-bond acceptors (Lipinski definition) is 3. The van der Waals surface area contributed by atoms with E-state index in [9.17, 15) is 5.26 Å². The molecule has 0 spiro atoms. The summed E-state index contributed by atoms with van der Waals surface area (Å²) in [5.41, 5.74) is 0. The molecule has 0 amide bonds. The second-order valence-corrected chi connectivity index (χ2v) is 6.37. The fourth-order valence-electron chi connectivity index (χ4n) is 4.24. The van der Waals surface area contributed by atoms with Gasteiger partial charge in [0.25, 0.3) is 0 Å². The summed E-state index contributed by atoms with van der Waals surface area (Å²) in [7, 11) is 0. The lowest BCUT2D eigenvalue weighted by Crippen LogP contribution is -2.56. The predicted molar refractivity (Wildman–Crippen MR) is 70.0 cm³/mol. The highest BCUT2D eigenvalue weighted by Crippen LogP contribution is 2.38.